The van der Waals surface area contributed by atoms with Gasteiger partial charge in [-0.05, 0) is 55.4 Å². The van der Waals surface area contributed by atoms with Crippen molar-refractivity contribution in [1.82, 2.24) is 0 Å². The van der Waals surface area contributed by atoms with Gasteiger partial charge in [-0.15, -0.1) is 0 Å². The summed E-state index contributed by atoms with van der Waals surface area (Å²) in [6, 6.07) is 0. The van der Waals surface area contributed by atoms with Gasteiger partial charge in [-0.2, -0.15) is 11.8 Å². The average Bonchev–Trinajstić information content (AvgIpc) is 2.29. The molecule has 1 nitrogen and oxygen atoms in total. The smallest absolute Gasteiger partial charge is 0.0568 e. The maximum absolute atomic E-state index is 10.0. The molecule has 16 heavy (non-hydrogen) atoms. The fourth-order valence-corrected chi connectivity index (χ4v) is 3.58. The van der Waals surface area contributed by atoms with Crippen LogP contribution in [-0.2, 0) is 0 Å². The fraction of sp³-hybridized carbons (Fsp3) is 1.00. The Morgan fingerprint density at radius 2 is 2.00 bits per heavy atom. The van der Waals surface area contributed by atoms with Gasteiger partial charge < -0.3 is 5.11 Å². The highest BCUT2D eigenvalue weighted by atomic mass is 32.2. The quantitative estimate of drug-likeness (QED) is 0.681. The molecule has 3 atom stereocenters. The van der Waals surface area contributed by atoms with Crippen molar-refractivity contribution in [3.63, 3.8) is 0 Å². The molecule has 0 amide bonds. The molecule has 0 spiro atoms. The number of thioether (sulfide) groups is 1. The molecule has 3 unspecified atom stereocenters. The Hall–Kier alpha value is 0.310. The molecular weight excluding hydrogens is 216 g/mol. The van der Waals surface area contributed by atoms with Crippen LogP contribution in [0.5, 0.6) is 0 Å². The van der Waals surface area contributed by atoms with Crippen LogP contribution in [0.25, 0.3) is 0 Å². The van der Waals surface area contributed by atoms with Crippen LogP contribution < -0.4 is 0 Å². The van der Waals surface area contributed by atoms with Gasteiger partial charge in [0, 0.05) is 0 Å². The second-order valence-electron chi connectivity index (χ2n) is 5.13. The molecule has 1 N–H and O–H groups in total. The zero-order chi connectivity index (χ0) is 11.8. The van der Waals surface area contributed by atoms with Crippen molar-refractivity contribution in [3.8, 4) is 0 Å². The number of hydrogen-bond donors (Lipinski definition) is 1. The minimum absolute atomic E-state index is 0.000248. The highest BCUT2D eigenvalue weighted by molar-refractivity contribution is 7.99. The maximum Gasteiger partial charge on any atom is 0.0568 e. The summed E-state index contributed by atoms with van der Waals surface area (Å²) in [5.41, 5.74) is 0. The van der Waals surface area contributed by atoms with Gasteiger partial charge in [0.25, 0.3) is 0 Å². The topological polar surface area (TPSA) is 20.2 Å². The first-order chi connectivity index (χ1) is 7.77. The predicted molar refractivity (Wildman–Crippen MR) is 74.0 cm³/mol. The highest BCUT2D eigenvalue weighted by Crippen LogP contribution is 2.34. The third kappa shape index (κ3) is 5.09. The van der Waals surface area contributed by atoms with Crippen LogP contribution in [0.3, 0.4) is 0 Å². The van der Waals surface area contributed by atoms with Crippen LogP contribution >= 0.6 is 11.8 Å². The summed E-state index contributed by atoms with van der Waals surface area (Å²) in [6.45, 7) is 4.50. The maximum atomic E-state index is 10.0. The van der Waals surface area contributed by atoms with Crippen molar-refractivity contribution in [2.24, 2.45) is 11.8 Å². The first-order valence-corrected chi connectivity index (χ1v) is 8.19. The Bertz CT molecular complexity index is 172. The van der Waals surface area contributed by atoms with E-state index in [2.05, 4.69) is 13.8 Å². The Morgan fingerprint density at radius 1 is 1.19 bits per heavy atom. The van der Waals surface area contributed by atoms with E-state index in [4.69, 9.17) is 0 Å². The molecule has 0 aromatic carbocycles. The summed E-state index contributed by atoms with van der Waals surface area (Å²) < 4.78 is 0. The largest absolute Gasteiger partial charge is 0.393 e. The molecule has 0 heterocycles. The van der Waals surface area contributed by atoms with E-state index >= 15 is 0 Å². The molecule has 0 bridgehead atoms. The van der Waals surface area contributed by atoms with Crippen LogP contribution in [-0.4, -0.2) is 22.7 Å². The van der Waals surface area contributed by atoms with Crippen LogP contribution in [0.15, 0.2) is 0 Å². The lowest BCUT2D eigenvalue weighted by atomic mass is 9.76. The van der Waals surface area contributed by atoms with Crippen LogP contribution in [0.2, 0.25) is 0 Å². The second-order valence-corrected chi connectivity index (χ2v) is 6.53. The highest BCUT2D eigenvalue weighted by Gasteiger charge is 2.27. The zero-order valence-electron chi connectivity index (χ0n) is 11.0. The van der Waals surface area contributed by atoms with Gasteiger partial charge in [-0.25, -0.2) is 0 Å². The third-order valence-electron chi connectivity index (χ3n) is 3.82. The van der Waals surface area contributed by atoms with Gasteiger partial charge in [0.05, 0.1) is 6.10 Å². The Morgan fingerprint density at radius 3 is 2.69 bits per heavy atom. The lowest BCUT2D eigenvalue weighted by molar-refractivity contribution is 0.0417. The summed E-state index contributed by atoms with van der Waals surface area (Å²) in [5, 5.41) is 10.0. The molecule has 96 valence electrons. The molecule has 1 rings (SSSR count). The minimum Gasteiger partial charge on any atom is -0.393 e. The summed E-state index contributed by atoms with van der Waals surface area (Å²) in [4.78, 5) is 0. The van der Waals surface area contributed by atoms with Crippen molar-refractivity contribution in [3.05, 3.63) is 0 Å². The van der Waals surface area contributed by atoms with E-state index in [9.17, 15) is 5.11 Å². The monoisotopic (exact) mass is 244 g/mol. The van der Waals surface area contributed by atoms with E-state index < -0.39 is 0 Å². The Kier molecular flexibility index (Phi) is 7.55. The van der Waals surface area contributed by atoms with Crippen molar-refractivity contribution >= 4 is 11.8 Å². The minimum atomic E-state index is -0.000248. The van der Waals surface area contributed by atoms with E-state index in [1.54, 1.807) is 0 Å². The second kappa shape index (κ2) is 8.41. The summed E-state index contributed by atoms with van der Waals surface area (Å²) in [6.07, 6.45) is 8.80. The molecule has 1 fully saturated rings. The predicted octanol–water partition coefficient (Wildman–Crippen LogP) is 4.10. The van der Waals surface area contributed by atoms with Gasteiger partial charge >= 0.3 is 0 Å². The summed E-state index contributed by atoms with van der Waals surface area (Å²) in [7, 11) is 0. The standard InChI is InChI=1S/C14H28OS/c1-3-6-12-8-9-14(15)13(11-12)7-5-10-16-4-2/h12-15H,3-11H2,1-2H3. The van der Waals surface area contributed by atoms with Crippen LogP contribution in [0, 0.1) is 11.8 Å². The van der Waals surface area contributed by atoms with Crippen molar-refractivity contribution < 1.29 is 5.11 Å². The molecule has 1 aliphatic rings. The van der Waals surface area contributed by atoms with Gasteiger partial charge in [0.15, 0.2) is 0 Å². The Labute approximate surface area is 105 Å². The first-order valence-electron chi connectivity index (χ1n) is 7.03. The van der Waals surface area contributed by atoms with Crippen molar-refractivity contribution in [2.75, 3.05) is 11.5 Å². The number of hydrogen-bond acceptors (Lipinski definition) is 2. The SMILES string of the molecule is CCCC1CCC(O)C(CCCSCC)C1. The molecule has 0 saturated heterocycles. The molecule has 0 aromatic heterocycles. The molecule has 2 heteroatoms. The van der Waals surface area contributed by atoms with E-state index in [0.717, 1.165) is 12.3 Å². The number of aliphatic hydroxyl groups is 1. The summed E-state index contributed by atoms with van der Waals surface area (Å²) in [5.74, 6) is 4.00. The van der Waals surface area contributed by atoms with Gasteiger partial charge in [-0.1, -0.05) is 26.7 Å². The molecule has 0 radical (unpaired) electrons. The normalized spacial score (nSPS) is 30.6. The van der Waals surface area contributed by atoms with Crippen LogP contribution in [0.1, 0.15) is 58.8 Å². The van der Waals surface area contributed by atoms with Gasteiger partial charge in [-0.3, -0.25) is 0 Å². The molecule has 0 aromatic rings. The molecule has 1 saturated carbocycles. The lowest BCUT2D eigenvalue weighted by Gasteiger charge is -2.33. The van der Waals surface area contributed by atoms with E-state index in [0.29, 0.717) is 5.92 Å². The summed E-state index contributed by atoms with van der Waals surface area (Å²) >= 11 is 2.03. The van der Waals surface area contributed by atoms with Crippen molar-refractivity contribution in [2.45, 2.75) is 64.9 Å². The average molecular weight is 244 g/mol. The zero-order valence-corrected chi connectivity index (χ0v) is 11.8. The van der Waals surface area contributed by atoms with E-state index in [-0.39, 0.29) is 6.10 Å². The fourth-order valence-electron chi connectivity index (χ4n) is 2.92. The first kappa shape index (κ1) is 14.4. The van der Waals surface area contributed by atoms with Crippen LogP contribution in [0.4, 0.5) is 0 Å². The van der Waals surface area contributed by atoms with Gasteiger partial charge in [0.1, 0.15) is 0 Å². The molecular formula is C14H28OS. The van der Waals surface area contributed by atoms with E-state index in [1.165, 1.54) is 50.0 Å². The third-order valence-corrected chi connectivity index (χ3v) is 4.80. The number of aliphatic hydroxyl groups excluding tert-OH is 1. The van der Waals surface area contributed by atoms with Crippen molar-refractivity contribution in [1.29, 1.82) is 0 Å². The lowest BCUT2D eigenvalue weighted by Crippen LogP contribution is -2.29. The van der Waals surface area contributed by atoms with E-state index in [1.807, 2.05) is 11.8 Å². The Balaban J connectivity index is 2.21. The molecule has 0 aliphatic heterocycles. The van der Waals surface area contributed by atoms with Gasteiger partial charge in [0.2, 0.25) is 0 Å². The molecule has 1 aliphatic carbocycles. The number of rotatable bonds is 7.